The average molecular weight is 305 g/mol. The predicted octanol–water partition coefficient (Wildman–Crippen LogP) is 2.72. The van der Waals surface area contributed by atoms with Crippen LogP contribution in [-0.2, 0) is 19.6 Å². The van der Waals surface area contributed by atoms with Crippen molar-refractivity contribution >= 4 is 17.5 Å². The first-order valence-corrected chi connectivity index (χ1v) is 7.13. The Kier molecular flexibility index (Phi) is 5.31. The minimum atomic E-state index is -0.180. The summed E-state index contributed by atoms with van der Waals surface area (Å²) in [6.07, 6.45) is 0.726. The third-order valence-corrected chi connectivity index (χ3v) is 3.32. The molecule has 5 heteroatoms. The number of hydrogen-bond donors (Lipinski definition) is 2. The van der Waals surface area contributed by atoms with E-state index in [0.29, 0.717) is 17.3 Å². The highest BCUT2D eigenvalue weighted by Crippen LogP contribution is 2.12. The van der Waals surface area contributed by atoms with Gasteiger partial charge in [-0.05, 0) is 29.7 Å². The maximum Gasteiger partial charge on any atom is 0.251 e. The number of aromatic nitrogens is 1. The molecule has 1 amide bonds. The van der Waals surface area contributed by atoms with Gasteiger partial charge in [0.1, 0.15) is 5.15 Å². The number of hydrogen-bond acceptors (Lipinski definition) is 3. The molecule has 2 N–H and O–H groups in total. The number of aliphatic hydroxyl groups excluding tert-OH is 1. The first-order chi connectivity index (χ1) is 10.1. The van der Waals surface area contributed by atoms with E-state index in [1.165, 1.54) is 0 Å². The Morgan fingerprint density at radius 3 is 2.52 bits per heavy atom. The van der Waals surface area contributed by atoms with Crippen LogP contribution in [0.25, 0.3) is 0 Å². The molecule has 0 aliphatic carbocycles. The fourth-order valence-electron chi connectivity index (χ4n) is 1.91. The highest BCUT2D eigenvalue weighted by Gasteiger charge is 2.08. The van der Waals surface area contributed by atoms with Gasteiger partial charge in [0.15, 0.2) is 0 Å². The first-order valence-electron chi connectivity index (χ1n) is 6.75. The van der Waals surface area contributed by atoms with E-state index < -0.39 is 0 Å². The highest BCUT2D eigenvalue weighted by atomic mass is 35.5. The molecular formula is C16H17ClN2O2. The second-order valence-electron chi connectivity index (χ2n) is 4.68. The number of benzene rings is 1. The zero-order valence-corrected chi connectivity index (χ0v) is 12.5. The lowest BCUT2D eigenvalue weighted by Gasteiger charge is -2.07. The largest absolute Gasteiger partial charge is 0.392 e. The summed E-state index contributed by atoms with van der Waals surface area (Å²) in [5.74, 6) is -0.180. The number of nitrogens with zero attached hydrogens (tertiary/aromatic N) is 1. The van der Waals surface area contributed by atoms with Crippen molar-refractivity contribution in [3.05, 3.63) is 63.9 Å². The summed E-state index contributed by atoms with van der Waals surface area (Å²) in [4.78, 5) is 16.3. The Balaban J connectivity index is 2.02. The van der Waals surface area contributed by atoms with Gasteiger partial charge in [-0.3, -0.25) is 4.79 Å². The molecule has 0 bridgehead atoms. The van der Waals surface area contributed by atoms with Crippen molar-refractivity contribution in [2.45, 2.75) is 26.5 Å². The molecule has 0 unspecified atom stereocenters. The van der Waals surface area contributed by atoms with Crippen LogP contribution in [-0.4, -0.2) is 16.0 Å². The van der Waals surface area contributed by atoms with E-state index in [-0.39, 0.29) is 12.5 Å². The zero-order valence-electron chi connectivity index (χ0n) is 11.8. The van der Waals surface area contributed by atoms with Crippen molar-refractivity contribution in [1.29, 1.82) is 0 Å². The van der Waals surface area contributed by atoms with Crippen LogP contribution < -0.4 is 5.32 Å². The van der Waals surface area contributed by atoms with Crippen LogP contribution in [0.15, 0.2) is 36.4 Å². The van der Waals surface area contributed by atoms with Crippen LogP contribution in [0.1, 0.15) is 34.1 Å². The molecule has 0 spiro atoms. The molecule has 0 saturated carbocycles. The van der Waals surface area contributed by atoms with Crippen molar-refractivity contribution in [2.24, 2.45) is 0 Å². The normalized spacial score (nSPS) is 10.4. The van der Waals surface area contributed by atoms with Crippen LogP contribution in [0.2, 0.25) is 5.15 Å². The monoisotopic (exact) mass is 304 g/mol. The Morgan fingerprint density at radius 1 is 1.24 bits per heavy atom. The van der Waals surface area contributed by atoms with Gasteiger partial charge in [-0.1, -0.05) is 42.8 Å². The van der Waals surface area contributed by atoms with Crippen molar-refractivity contribution in [3.8, 4) is 0 Å². The predicted molar refractivity (Wildman–Crippen MR) is 82.2 cm³/mol. The van der Waals surface area contributed by atoms with Crippen LogP contribution >= 0.6 is 11.6 Å². The van der Waals surface area contributed by atoms with Crippen molar-refractivity contribution in [2.75, 3.05) is 0 Å². The molecule has 2 rings (SSSR count). The molecular weight excluding hydrogens is 288 g/mol. The third kappa shape index (κ3) is 4.28. The van der Waals surface area contributed by atoms with Gasteiger partial charge in [0.2, 0.25) is 0 Å². The number of carbonyl (C=O) groups is 1. The minimum Gasteiger partial charge on any atom is -0.392 e. The lowest BCUT2D eigenvalue weighted by molar-refractivity contribution is 0.0950. The van der Waals surface area contributed by atoms with Gasteiger partial charge in [0.05, 0.1) is 6.61 Å². The van der Waals surface area contributed by atoms with Crippen LogP contribution in [0, 0.1) is 0 Å². The van der Waals surface area contributed by atoms with Crippen LogP contribution in [0.5, 0.6) is 0 Å². The van der Waals surface area contributed by atoms with Gasteiger partial charge in [-0.25, -0.2) is 4.98 Å². The minimum absolute atomic E-state index is 0.0158. The molecule has 0 atom stereocenters. The van der Waals surface area contributed by atoms with Gasteiger partial charge in [0, 0.05) is 17.8 Å². The molecule has 0 fully saturated rings. The number of aliphatic hydroxyl groups is 1. The quantitative estimate of drug-likeness (QED) is 0.835. The third-order valence-electron chi connectivity index (χ3n) is 3.13. The van der Waals surface area contributed by atoms with E-state index in [4.69, 9.17) is 16.7 Å². The highest BCUT2D eigenvalue weighted by molar-refractivity contribution is 6.29. The summed E-state index contributed by atoms with van der Waals surface area (Å²) in [5, 5.41) is 12.2. The molecule has 1 aromatic carbocycles. The van der Waals surface area contributed by atoms with Gasteiger partial charge >= 0.3 is 0 Å². The number of rotatable bonds is 5. The molecule has 4 nitrogen and oxygen atoms in total. The molecule has 21 heavy (non-hydrogen) atoms. The number of halogens is 1. The van der Waals surface area contributed by atoms with Gasteiger partial charge in [-0.2, -0.15) is 0 Å². The smallest absolute Gasteiger partial charge is 0.251 e. The Bertz CT molecular complexity index is 627. The summed E-state index contributed by atoms with van der Waals surface area (Å²) >= 11 is 5.91. The van der Waals surface area contributed by atoms with E-state index in [1.54, 1.807) is 12.1 Å². The van der Waals surface area contributed by atoms with Gasteiger partial charge in [0.25, 0.3) is 5.91 Å². The first kappa shape index (κ1) is 15.5. The Morgan fingerprint density at radius 2 is 1.90 bits per heavy atom. The van der Waals surface area contributed by atoms with Crippen molar-refractivity contribution in [3.63, 3.8) is 0 Å². The van der Waals surface area contributed by atoms with Gasteiger partial charge < -0.3 is 10.4 Å². The average Bonchev–Trinajstić information content (AvgIpc) is 2.52. The van der Waals surface area contributed by atoms with E-state index >= 15 is 0 Å². The van der Waals surface area contributed by atoms with Crippen LogP contribution in [0.4, 0.5) is 0 Å². The topological polar surface area (TPSA) is 62.2 Å². The SMILES string of the molecule is CCc1cc(C(=O)NCc2ccc(CO)cc2)cc(Cl)n1. The van der Waals surface area contributed by atoms with E-state index in [2.05, 4.69) is 10.3 Å². The van der Waals surface area contributed by atoms with E-state index in [0.717, 1.165) is 23.2 Å². The Hall–Kier alpha value is -1.91. The molecule has 1 aromatic heterocycles. The maximum absolute atomic E-state index is 12.1. The zero-order chi connectivity index (χ0) is 15.2. The second kappa shape index (κ2) is 7.20. The summed E-state index contributed by atoms with van der Waals surface area (Å²) in [5.41, 5.74) is 3.12. The number of carbonyl (C=O) groups excluding carboxylic acids is 1. The number of nitrogens with one attached hydrogen (secondary N) is 1. The number of pyridine rings is 1. The van der Waals surface area contributed by atoms with Crippen LogP contribution in [0.3, 0.4) is 0 Å². The fourth-order valence-corrected chi connectivity index (χ4v) is 2.14. The van der Waals surface area contributed by atoms with Gasteiger partial charge in [-0.15, -0.1) is 0 Å². The summed E-state index contributed by atoms with van der Waals surface area (Å²) in [6, 6.07) is 10.7. The molecule has 0 aliphatic rings. The molecule has 0 radical (unpaired) electrons. The Labute approximate surface area is 128 Å². The number of amides is 1. The maximum atomic E-state index is 12.1. The molecule has 2 aromatic rings. The lowest BCUT2D eigenvalue weighted by Crippen LogP contribution is -2.23. The molecule has 0 aliphatic heterocycles. The fraction of sp³-hybridized carbons (Fsp3) is 0.250. The molecule has 0 saturated heterocycles. The van der Waals surface area contributed by atoms with E-state index in [1.807, 2.05) is 31.2 Å². The number of aryl methyl sites for hydroxylation is 1. The summed E-state index contributed by atoms with van der Waals surface area (Å²) in [7, 11) is 0. The summed E-state index contributed by atoms with van der Waals surface area (Å²) in [6.45, 7) is 2.40. The van der Waals surface area contributed by atoms with Crippen molar-refractivity contribution in [1.82, 2.24) is 10.3 Å². The summed E-state index contributed by atoms with van der Waals surface area (Å²) < 4.78 is 0. The van der Waals surface area contributed by atoms with E-state index in [9.17, 15) is 4.79 Å². The van der Waals surface area contributed by atoms with Crippen molar-refractivity contribution < 1.29 is 9.90 Å². The molecule has 110 valence electrons. The lowest BCUT2D eigenvalue weighted by atomic mass is 10.1. The standard InChI is InChI=1S/C16H17ClN2O2/c1-2-14-7-13(8-15(17)19-14)16(21)18-9-11-3-5-12(10-20)6-4-11/h3-8,20H,2,9-10H2,1H3,(H,18,21). The second-order valence-corrected chi connectivity index (χ2v) is 5.07. The molecule has 1 heterocycles.